The van der Waals surface area contributed by atoms with Gasteiger partial charge in [0.25, 0.3) is 5.56 Å². The third-order valence-corrected chi connectivity index (χ3v) is 11.7. The summed E-state index contributed by atoms with van der Waals surface area (Å²) in [6.07, 6.45) is 11.2. The Hall–Kier alpha value is -3.86. The number of aromatic amines is 1. The molecule has 4 bridgehead atoms. The van der Waals surface area contributed by atoms with Gasteiger partial charge in [-0.25, -0.2) is 14.2 Å². The molecular formula is C34H37BrN6O4. The molecule has 2 aromatic carbocycles. The van der Waals surface area contributed by atoms with Crippen LogP contribution >= 0.6 is 15.9 Å². The quantitative estimate of drug-likeness (QED) is 0.289. The number of anilines is 1. The molecule has 9 rings (SSSR count). The van der Waals surface area contributed by atoms with Gasteiger partial charge in [-0.2, -0.15) is 0 Å². The first-order valence-electron chi connectivity index (χ1n) is 16.0. The van der Waals surface area contributed by atoms with E-state index < -0.39 is 17.1 Å². The van der Waals surface area contributed by atoms with Gasteiger partial charge in [-0.3, -0.25) is 23.9 Å². The molecule has 45 heavy (non-hydrogen) atoms. The fourth-order valence-corrected chi connectivity index (χ4v) is 9.89. The van der Waals surface area contributed by atoms with Gasteiger partial charge in [-0.05, 0) is 120 Å². The van der Waals surface area contributed by atoms with Crippen molar-refractivity contribution in [1.82, 2.24) is 18.7 Å². The van der Waals surface area contributed by atoms with Crippen molar-refractivity contribution in [3.63, 3.8) is 0 Å². The van der Waals surface area contributed by atoms with E-state index >= 15 is 0 Å². The molecule has 11 heteroatoms. The number of imidazole rings is 1. The maximum Gasteiger partial charge on any atom is 0.335 e. The average Bonchev–Trinajstić information content (AvgIpc) is 3.60. The molecule has 0 spiro atoms. The Morgan fingerprint density at radius 3 is 2.16 bits per heavy atom. The molecule has 4 saturated carbocycles. The van der Waals surface area contributed by atoms with Gasteiger partial charge in [0.05, 0.1) is 28.1 Å². The summed E-state index contributed by atoms with van der Waals surface area (Å²) in [6, 6.07) is 9.87. The molecule has 1 saturated heterocycles. The number of nitrogens with zero attached hydrogens (tertiary/aromatic N) is 5. The number of hydrogen-bond acceptors (Lipinski definition) is 6. The fraction of sp³-hybridized carbons (Fsp3) is 0.471. The highest BCUT2D eigenvalue weighted by Crippen LogP contribution is 2.61. The third kappa shape index (κ3) is 4.48. The second-order valence-corrected chi connectivity index (χ2v) is 14.7. The summed E-state index contributed by atoms with van der Waals surface area (Å²) < 4.78 is 5.00. The van der Waals surface area contributed by atoms with Crippen molar-refractivity contribution in [3.05, 3.63) is 77.3 Å². The highest BCUT2D eigenvalue weighted by molar-refractivity contribution is 9.10. The molecule has 2 N–H and O–H groups in total. The van der Waals surface area contributed by atoms with Crippen molar-refractivity contribution >= 4 is 44.6 Å². The summed E-state index contributed by atoms with van der Waals surface area (Å²) in [4.78, 5) is 48.1. The van der Waals surface area contributed by atoms with Gasteiger partial charge in [0.15, 0.2) is 0 Å². The predicted octanol–water partition coefficient (Wildman–Crippen LogP) is 5.00. The van der Waals surface area contributed by atoms with Crippen LogP contribution in [0.3, 0.4) is 0 Å². The van der Waals surface area contributed by atoms with E-state index in [0.717, 1.165) is 59.5 Å². The Labute approximate surface area is 268 Å². The molecule has 0 radical (unpaired) electrons. The van der Waals surface area contributed by atoms with Gasteiger partial charge >= 0.3 is 11.4 Å². The largest absolute Gasteiger partial charge is 0.493 e. The number of fused-ring (bicyclic) bond motifs is 1. The molecule has 3 heterocycles. The number of aryl methyl sites for hydroxylation is 2. The van der Waals surface area contributed by atoms with Crippen molar-refractivity contribution in [2.45, 2.75) is 56.8 Å². The van der Waals surface area contributed by atoms with Crippen LogP contribution in [0.2, 0.25) is 0 Å². The summed E-state index contributed by atoms with van der Waals surface area (Å²) >= 11 is 3.70. The van der Waals surface area contributed by atoms with E-state index in [1.165, 1.54) is 50.3 Å². The lowest BCUT2D eigenvalue weighted by Crippen LogP contribution is -2.48. The lowest BCUT2D eigenvalue weighted by atomic mass is 9.48. The maximum absolute atomic E-state index is 13.1. The molecule has 1 aliphatic heterocycles. The summed E-state index contributed by atoms with van der Waals surface area (Å²) in [5.74, 6) is 1.94. The second kappa shape index (κ2) is 10.3. The predicted molar refractivity (Wildman–Crippen MR) is 179 cm³/mol. The zero-order valence-electron chi connectivity index (χ0n) is 25.6. The van der Waals surface area contributed by atoms with E-state index in [1.807, 2.05) is 18.2 Å². The minimum absolute atomic E-state index is 0.124. The molecule has 5 aliphatic rings. The molecule has 4 aromatic rings. The molecule has 0 amide bonds. The van der Waals surface area contributed by atoms with Gasteiger partial charge in [0.1, 0.15) is 5.56 Å². The fourth-order valence-electron chi connectivity index (χ4n) is 9.33. The minimum Gasteiger partial charge on any atom is -0.493 e. The van der Waals surface area contributed by atoms with Crippen LogP contribution in [0.5, 0.6) is 5.88 Å². The SMILES string of the molecule is Cn1c(=O)n(C)c2cc(N3CCCC3)c(N=Cc3c(O)n(-c4ccc(C56CC7CC(CC(C7)C5)C6)cc4Br)c(=O)[nH]c3=O)cc21. The molecule has 4 aliphatic carbocycles. The van der Waals surface area contributed by atoms with Gasteiger partial charge in [-0.1, -0.05) is 6.07 Å². The van der Waals surface area contributed by atoms with E-state index in [1.54, 1.807) is 23.2 Å². The summed E-state index contributed by atoms with van der Waals surface area (Å²) in [7, 11) is 3.46. The molecule has 2 aromatic heterocycles. The first-order chi connectivity index (χ1) is 21.6. The smallest absolute Gasteiger partial charge is 0.335 e. The van der Waals surface area contributed by atoms with Crippen molar-refractivity contribution in [1.29, 1.82) is 0 Å². The van der Waals surface area contributed by atoms with Gasteiger partial charge < -0.3 is 10.0 Å². The first-order valence-corrected chi connectivity index (χ1v) is 16.8. The van der Waals surface area contributed by atoms with Crippen LogP contribution in [0.15, 0.2) is 54.2 Å². The van der Waals surface area contributed by atoms with E-state index in [4.69, 9.17) is 0 Å². The highest BCUT2D eigenvalue weighted by Gasteiger charge is 2.51. The zero-order valence-corrected chi connectivity index (χ0v) is 27.1. The van der Waals surface area contributed by atoms with E-state index in [2.05, 4.69) is 42.9 Å². The van der Waals surface area contributed by atoms with Crippen molar-refractivity contribution in [3.8, 4) is 11.6 Å². The van der Waals surface area contributed by atoms with Crippen LogP contribution in [-0.4, -0.2) is 43.1 Å². The number of aromatic hydroxyl groups is 1. The van der Waals surface area contributed by atoms with Crippen LogP contribution in [0.1, 0.15) is 62.5 Å². The van der Waals surface area contributed by atoms with Crippen molar-refractivity contribution < 1.29 is 5.11 Å². The summed E-state index contributed by atoms with van der Waals surface area (Å²) in [6.45, 7) is 1.72. The number of aliphatic imine (C=N–C) groups is 1. The number of H-pyrrole nitrogens is 1. The van der Waals surface area contributed by atoms with Crippen molar-refractivity contribution in [2.75, 3.05) is 18.0 Å². The molecule has 5 fully saturated rings. The van der Waals surface area contributed by atoms with Gasteiger partial charge in [0.2, 0.25) is 5.88 Å². The monoisotopic (exact) mass is 672 g/mol. The van der Waals surface area contributed by atoms with Crippen LogP contribution < -0.4 is 21.8 Å². The first kappa shape index (κ1) is 28.6. The number of hydrogen-bond donors (Lipinski definition) is 2. The lowest BCUT2D eigenvalue weighted by molar-refractivity contribution is -0.00521. The van der Waals surface area contributed by atoms with Crippen LogP contribution in [-0.2, 0) is 19.5 Å². The number of halogens is 1. The Balaban J connectivity index is 1.19. The third-order valence-electron chi connectivity index (χ3n) is 11.1. The lowest BCUT2D eigenvalue weighted by Gasteiger charge is -2.57. The number of aromatic nitrogens is 4. The Morgan fingerprint density at radius 2 is 1.53 bits per heavy atom. The highest BCUT2D eigenvalue weighted by atomic mass is 79.9. The van der Waals surface area contributed by atoms with Crippen LogP contribution in [0.4, 0.5) is 11.4 Å². The van der Waals surface area contributed by atoms with Crippen LogP contribution in [0.25, 0.3) is 16.7 Å². The molecule has 0 atom stereocenters. The Kier molecular flexibility index (Phi) is 6.57. The average molecular weight is 674 g/mol. The maximum atomic E-state index is 13.1. The standard InChI is InChI=1S/C34H37BrN6O4/c1-38-28-13-25(27(40-7-3-4-8-40)14-29(28)39(2)33(38)45)36-18-23-30(42)37-32(44)41(31(23)43)26-6-5-22(12-24(26)35)34-15-19-9-20(16-34)11-21(10-19)17-34/h5-6,12-14,18-21,43H,3-4,7-11,15-17H2,1-2H3,(H,37,42,44). The number of rotatable bonds is 5. The van der Waals surface area contributed by atoms with Gasteiger partial charge in [0, 0.05) is 37.9 Å². The summed E-state index contributed by atoms with van der Waals surface area (Å²) in [5, 5.41) is 11.4. The molecular weight excluding hydrogens is 636 g/mol. The topological polar surface area (TPSA) is 118 Å². The number of nitrogens with one attached hydrogen (secondary N) is 1. The second-order valence-electron chi connectivity index (χ2n) is 13.9. The zero-order chi connectivity index (χ0) is 31.2. The van der Waals surface area contributed by atoms with Crippen molar-refractivity contribution in [2.24, 2.45) is 36.8 Å². The normalized spacial score (nSPS) is 25.8. The molecule has 0 unspecified atom stereocenters. The van der Waals surface area contributed by atoms with Crippen LogP contribution in [0, 0.1) is 17.8 Å². The minimum atomic E-state index is -0.727. The number of benzene rings is 2. The molecule has 234 valence electrons. The van der Waals surface area contributed by atoms with Gasteiger partial charge in [-0.15, -0.1) is 0 Å². The van der Waals surface area contributed by atoms with E-state index in [-0.39, 0.29) is 16.7 Å². The Bertz CT molecular complexity index is 2040. The molecule has 10 nitrogen and oxygen atoms in total. The Morgan fingerprint density at radius 1 is 0.911 bits per heavy atom. The summed E-state index contributed by atoms with van der Waals surface area (Å²) in [5.41, 5.74) is 3.14. The van der Waals surface area contributed by atoms with E-state index in [0.29, 0.717) is 21.4 Å². The van der Waals surface area contributed by atoms with E-state index in [9.17, 15) is 19.5 Å².